The van der Waals surface area contributed by atoms with E-state index in [0.717, 1.165) is 0 Å². The number of furan rings is 1. The van der Waals surface area contributed by atoms with Gasteiger partial charge in [0, 0.05) is 11.3 Å². The molecule has 16 heavy (non-hydrogen) atoms. The van der Waals surface area contributed by atoms with Crippen LogP contribution < -0.4 is 5.73 Å². The zero-order valence-corrected chi connectivity index (χ0v) is 8.59. The molecule has 2 aromatic rings. The second kappa shape index (κ2) is 4.49. The van der Waals surface area contributed by atoms with Crippen LogP contribution in [-0.4, -0.2) is 5.78 Å². The Morgan fingerprint density at radius 3 is 2.56 bits per heavy atom. The molecule has 0 aliphatic rings. The smallest absolute Gasteiger partial charge is 0.185 e. The Kier molecular flexibility index (Phi) is 2.87. The molecule has 3 nitrogen and oxygen atoms in total. The minimum atomic E-state index is -0.0728. The number of benzene rings is 1. The van der Waals surface area contributed by atoms with Gasteiger partial charge in [-0.05, 0) is 48.6 Å². The number of carbonyl (C=O) groups is 1. The van der Waals surface area contributed by atoms with E-state index in [2.05, 4.69) is 0 Å². The summed E-state index contributed by atoms with van der Waals surface area (Å²) in [6.07, 6.45) is 4.68. The third kappa shape index (κ3) is 2.39. The molecule has 2 N–H and O–H groups in total. The van der Waals surface area contributed by atoms with E-state index in [0.29, 0.717) is 17.0 Å². The number of hydrogen-bond donors (Lipinski definition) is 1. The van der Waals surface area contributed by atoms with E-state index in [1.807, 2.05) is 0 Å². The number of nitrogen functional groups attached to an aromatic ring is 1. The lowest BCUT2D eigenvalue weighted by molar-refractivity contribution is 0.104. The van der Waals surface area contributed by atoms with E-state index >= 15 is 0 Å². The SMILES string of the molecule is Nc1ccc(C(=O)/C=C\c2ccco2)cc1. The second-order valence-electron chi connectivity index (χ2n) is 3.34. The van der Waals surface area contributed by atoms with Crippen LogP contribution in [0.5, 0.6) is 0 Å². The molecule has 0 saturated carbocycles. The predicted octanol–water partition coefficient (Wildman–Crippen LogP) is 2.76. The number of nitrogens with two attached hydrogens (primary N) is 1. The van der Waals surface area contributed by atoms with E-state index in [1.165, 1.54) is 6.08 Å². The van der Waals surface area contributed by atoms with E-state index < -0.39 is 0 Å². The van der Waals surface area contributed by atoms with Crippen molar-refractivity contribution < 1.29 is 9.21 Å². The summed E-state index contributed by atoms with van der Waals surface area (Å²) >= 11 is 0. The normalized spacial score (nSPS) is 10.8. The summed E-state index contributed by atoms with van der Waals surface area (Å²) in [5, 5.41) is 0. The van der Waals surface area contributed by atoms with Gasteiger partial charge in [0.1, 0.15) is 5.76 Å². The van der Waals surface area contributed by atoms with Gasteiger partial charge in [0.15, 0.2) is 5.78 Å². The maximum absolute atomic E-state index is 11.7. The summed E-state index contributed by atoms with van der Waals surface area (Å²) in [4.78, 5) is 11.7. The predicted molar refractivity (Wildman–Crippen MR) is 62.9 cm³/mol. The van der Waals surface area contributed by atoms with Crippen molar-refractivity contribution in [2.24, 2.45) is 0 Å². The fourth-order valence-electron chi connectivity index (χ4n) is 1.29. The molecule has 0 unspecified atom stereocenters. The van der Waals surface area contributed by atoms with Crippen LogP contribution in [0, 0.1) is 0 Å². The van der Waals surface area contributed by atoms with Crippen molar-refractivity contribution in [3.63, 3.8) is 0 Å². The largest absolute Gasteiger partial charge is 0.465 e. The molecule has 2 rings (SSSR count). The number of carbonyl (C=O) groups excluding carboxylic acids is 1. The molecular weight excluding hydrogens is 202 g/mol. The summed E-state index contributed by atoms with van der Waals surface area (Å²) in [7, 11) is 0. The van der Waals surface area contributed by atoms with Gasteiger partial charge in [-0.2, -0.15) is 0 Å². The first-order chi connectivity index (χ1) is 7.75. The number of allylic oxidation sites excluding steroid dienone is 1. The van der Waals surface area contributed by atoms with Gasteiger partial charge in [0.25, 0.3) is 0 Å². The van der Waals surface area contributed by atoms with Gasteiger partial charge in [-0.25, -0.2) is 0 Å². The summed E-state index contributed by atoms with van der Waals surface area (Å²) in [6.45, 7) is 0. The van der Waals surface area contributed by atoms with Gasteiger partial charge in [0.05, 0.1) is 6.26 Å². The average Bonchev–Trinajstić information content (AvgIpc) is 2.80. The van der Waals surface area contributed by atoms with Crippen LogP contribution in [0.25, 0.3) is 6.08 Å². The number of anilines is 1. The van der Waals surface area contributed by atoms with Crippen molar-refractivity contribution in [3.8, 4) is 0 Å². The van der Waals surface area contributed by atoms with Crippen molar-refractivity contribution in [3.05, 3.63) is 60.1 Å². The molecule has 0 saturated heterocycles. The Morgan fingerprint density at radius 2 is 1.94 bits per heavy atom. The summed E-state index contributed by atoms with van der Waals surface area (Å²) in [5.41, 5.74) is 6.79. The zero-order chi connectivity index (χ0) is 11.4. The van der Waals surface area contributed by atoms with Crippen molar-refractivity contribution in [1.29, 1.82) is 0 Å². The maximum Gasteiger partial charge on any atom is 0.185 e. The molecule has 3 heteroatoms. The Morgan fingerprint density at radius 1 is 1.19 bits per heavy atom. The van der Waals surface area contributed by atoms with Gasteiger partial charge in [-0.15, -0.1) is 0 Å². The van der Waals surface area contributed by atoms with Crippen LogP contribution in [0.2, 0.25) is 0 Å². The number of hydrogen-bond acceptors (Lipinski definition) is 3. The van der Waals surface area contributed by atoms with Gasteiger partial charge in [-0.3, -0.25) is 4.79 Å². The molecule has 1 aromatic heterocycles. The topological polar surface area (TPSA) is 56.2 Å². The molecule has 0 fully saturated rings. The highest BCUT2D eigenvalue weighted by atomic mass is 16.3. The highest BCUT2D eigenvalue weighted by molar-refractivity contribution is 6.06. The molecule has 1 heterocycles. The fraction of sp³-hybridized carbons (Fsp3) is 0. The first-order valence-electron chi connectivity index (χ1n) is 4.87. The quantitative estimate of drug-likeness (QED) is 0.484. The molecule has 80 valence electrons. The highest BCUT2D eigenvalue weighted by Gasteiger charge is 2.00. The van der Waals surface area contributed by atoms with Crippen molar-refractivity contribution in [2.45, 2.75) is 0 Å². The lowest BCUT2D eigenvalue weighted by Gasteiger charge is -1.96. The molecule has 0 atom stereocenters. The van der Waals surface area contributed by atoms with Crippen LogP contribution in [-0.2, 0) is 0 Å². The van der Waals surface area contributed by atoms with Crippen molar-refractivity contribution in [2.75, 3.05) is 5.73 Å². The van der Waals surface area contributed by atoms with E-state index in [9.17, 15) is 4.79 Å². The molecule has 0 amide bonds. The lowest BCUT2D eigenvalue weighted by Crippen LogP contribution is -1.94. The zero-order valence-electron chi connectivity index (χ0n) is 8.59. The molecule has 0 spiro atoms. The molecule has 1 aromatic carbocycles. The second-order valence-corrected chi connectivity index (χ2v) is 3.34. The van der Waals surface area contributed by atoms with Crippen molar-refractivity contribution in [1.82, 2.24) is 0 Å². The Bertz CT molecular complexity index is 495. The molecular formula is C13H11NO2. The van der Waals surface area contributed by atoms with Crippen molar-refractivity contribution >= 4 is 17.5 Å². The number of rotatable bonds is 3. The first kappa shape index (κ1) is 10.2. The minimum absolute atomic E-state index is 0.0728. The standard InChI is InChI=1S/C13H11NO2/c14-11-5-3-10(4-6-11)13(15)8-7-12-2-1-9-16-12/h1-9H,14H2/b8-7-. The summed E-state index contributed by atoms with van der Waals surface area (Å²) < 4.78 is 5.08. The molecule has 0 aliphatic carbocycles. The van der Waals surface area contributed by atoms with Gasteiger partial charge in [-0.1, -0.05) is 0 Å². The van der Waals surface area contributed by atoms with E-state index in [-0.39, 0.29) is 5.78 Å². The van der Waals surface area contributed by atoms with Gasteiger partial charge < -0.3 is 10.2 Å². The van der Waals surface area contributed by atoms with Gasteiger partial charge in [0.2, 0.25) is 0 Å². The van der Waals surface area contributed by atoms with Crippen LogP contribution in [0.15, 0.2) is 53.2 Å². The lowest BCUT2D eigenvalue weighted by atomic mass is 10.1. The third-order valence-electron chi connectivity index (χ3n) is 2.14. The first-order valence-corrected chi connectivity index (χ1v) is 4.87. The molecule has 0 radical (unpaired) electrons. The Labute approximate surface area is 93.2 Å². The summed E-state index contributed by atoms with van der Waals surface area (Å²) in [6, 6.07) is 10.4. The Hall–Kier alpha value is -2.29. The molecule has 0 bridgehead atoms. The summed E-state index contributed by atoms with van der Waals surface area (Å²) in [5.74, 6) is 0.584. The van der Waals surface area contributed by atoms with E-state index in [1.54, 1.807) is 48.7 Å². The number of ketones is 1. The van der Waals surface area contributed by atoms with Crippen LogP contribution in [0.1, 0.15) is 16.1 Å². The van der Waals surface area contributed by atoms with E-state index in [4.69, 9.17) is 10.2 Å². The van der Waals surface area contributed by atoms with Gasteiger partial charge >= 0.3 is 0 Å². The monoisotopic (exact) mass is 213 g/mol. The average molecular weight is 213 g/mol. The fourth-order valence-corrected chi connectivity index (χ4v) is 1.29. The van der Waals surface area contributed by atoms with Crippen LogP contribution >= 0.6 is 0 Å². The van der Waals surface area contributed by atoms with Crippen LogP contribution in [0.3, 0.4) is 0 Å². The maximum atomic E-state index is 11.7. The Balaban J connectivity index is 2.11. The minimum Gasteiger partial charge on any atom is -0.465 e. The highest BCUT2D eigenvalue weighted by Crippen LogP contribution is 2.08. The van der Waals surface area contributed by atoms with Crippen LogP contribution in [0.4, 0.5) is 5.69 Å². The third-order valence-corrected chi connectivity index (χ3v) is 2.14. The molecule has 0 aliphatic heterocycles.